The number of nitrogens with zero attached hydrogens (tertiary/aromatic N) is 2. The van der Waals surface area contributed by atoms with E-state index >= 15 is 0 Å². The van der Waals surface area contributed by atoms with Crippen molar-refractivity contribution in [2.45, 2.75) is 97.0 Å². The van der Waals surface area contributed by atoms with E-state index in [1.54, 1.807) is 12.2 Å². The number of allylic oxidation sites excluding steroid dienone is 2. The molecule has 7 rings (SSSR count). The Morgan fingerprint density at radius 2 is 1.34 bits per heavy atom. The summed E-state index contributed by atoms with van der Waals surface area (Å²) in [6.45, 7) is 13.7. The van der Waals surface area contributed by atoms with E-state index in [1.807, 2.05) is 65.8 Å². The molecule has 4 aromatic carbocycles. The van der Waals surface area contributed by atoms with E-state index in [9.17, 15) is 24.3 Å². The van der Waals surface area contributed by atoms with E-state index in [4.69, 9.17) is 9.47 Å². The zero-order valence-electron chi connectivity index (χ0n) is 34.6. The van der Waals surface area contributed by atoms with Crippen molar-refractivity contribution in [2.24, 2.45) is 5.92 Å². The summed E-state index contributed by atoms with van der Waals surface area (Å²) in [5.41, 5.74) is 3.94. The Hall–Kier alpha value is -5.41. The van der Waals surface area contributed by atoms with Crippen LogP contribution < -0.4 is 4.90 Å². The Labute approximate surface area is 341 Å². The van der Waals surface area contributed by atoms with Gasteiger partial charge in [-0.1, -0.05) is 101 Å². The minimum Gasteiger partial charge on any atom is -0.466 e. The monoisotopic (exact) mass is 783 g/mol. The molecule has 0 spiro atoms. The standard InChI is InChI=1S/C49H55N2O7/c1-7-9-27-57-41(52)23-25-50-37-21-19-31-15-11-13-17-33(31)43(37)48(3,4)39(50)29-35-45(54)36(47(56)46(35)55)30-40-49(5,6)44-34-18-14-12-16-32(34)20-22-38(44)51(40)26-24-42(53)58-28-10-8-2/h11-22,29-30,35,46,55H,7-10,23-28H2,1-6H3/q+1. The lowest BCUT2D eigenvalue weighted by molar-refractivity contribution is -0.436. The predicted octanol–water partition coefficient (Wildman–Crippen LogP) is 8.57. The number of rotatable bonds is 14. The maximum absolute atomic E-state index is 14.6. The SMILES string of the molecule is CCCCOC(=O)CCN1C(=CC2C(=O)C(=CC3=[N+](CCC(=O)OCCCC)c4ccc5ccccc5c4C3(C)C)C(=O)C2O)C(C)(C)c2c1ccc1ccccc21. The van der Waals surface area contributed by atoms with Crippen LogP contribution in [0, 0.1) is 5.92 Å². The van der Waals surface area contributed by atoms with E-state index in [0.29, 0.717) is 25.5 Å². The van der Waals surface area contributed by atoms with Crippen LogP contribution in [0.4, 0.5) is 11.4 Å². The van der Waals surface area contributed by atoms with Gasteiger partial charge in [-0.05, 0) is 65.9 Å². The van der Waals surface area contributed by atoms with Crippen LogP contribution in [0.1, 0.15) is 91.2 Å². The van der Waals surface area contributed by atoms with E-state index in [2.05, 4.69) is 58.0 Å². The smallest absolute Gasteiger partial charge is 0.312 e. The van der Waals surface area contributed by atoms with Gasteiger partial charge in [0.2, 0.25) is 5.69 Å². The third-order valence-corrected chi connectivity index (χ3v) is 12.2. The number of hydrogen-bond acceptors (Lipinski definition) is 8. The first-order valence-electron chi connectivity index (χ1n) is 20.8. The van der Waals surface area contributed by atoms with E-state index in [1.165, 1.54) is 0 Å². The highest BCUT2D eigenvalue weighted by molar-refractivity contribution is 6.31. The molecule has 0 radical (unpaired) electrons. The average Bonchev–Trinajstić information content (AvgIpc) is 3.66. The van der Waals surface area contributed by atoms with Crippen LogP contribution in [-0.4, -0.2) is 71.3 Å². The fourth-order valence-corrected chi connectivity index (χ4v) is 9.11. The number of Topliss-reactive ketones (excluding diaryl/α,β-unsaturated/α-hetero) is 2. The molecule has 0 aromatic heterocycles. The fraction of sp³-hybridized carbons (Fsp3) is 0.408. The van der Waals surface area contributed by atoms with Gasteiger partial charge in [-0.3, -0.25) is 19.2 Å². The number of ether oxygens (including phenoxy) is 2. The third-order valence-electron chi connectivity index (χ3n) is 12.2. The van der Waals surface area contributed by atoms with Crippen molar-refractivity contribution < 1.29 is 38.3 Å². The molecule has 0 bridgehead atoms. The van der Waals surface area contributed by atoms with Crippen molar-refractivity contribution in [1.29, 1.82) is 0 Å². The van der Waals surface area contributed by atoms with Gasteiger partial charge >= 0.3 is 11.9 Å². The zero-order chi connectivity index (χ0) is 41.4. The van der Waals surface area contributed by atoms with Crippen molar-refractivity contribution in [3.05, 3.63) is 107 Å². The molecular formula is C49H55N2O7+. The van der Waals surface area contributed by atoms with Gasteiger partial charge in [-0.2, -0.15) is 4.58 Å². The molecule has 1 fully saturated rings. The Kier molecular flexibility index (Phi) is 11.6. The number of ketones is 2. The van der Waals surface area contributed by atoms with Gasteiger partial charge in [0, 0.05) is 41.1 Å². The Morgan fingerprint density at radius 3 is 1.98 bits per heavy atom. The lowest BCUT2D eigenvalue weighted by Crippen LogP contribution is -2.31. The molecule has 0 saturated heterocycles. The summed E-state index contributed by atoms with van der Waals surface area (Å²) in [5.74, 6) is -2.87. The number of fused-ring (bicyclic) bond motifs is 6. The molecule has 2 atom stereocenters. The second-order valence-corrected chi connectivity index (χ2v) is 16.8. The van der Waals surface area contributed by atoms with Crippen molar-refractivity contribution in [3.8, 4) is 0 Å². The summed E-state index contributed by atoms with van der Waals surface area (Å²) in [4.78, 5) is 56.6. The number of unbranched alkanes of at least 4 members (excludes halogenated alkanes) is 2. The molecule has 9 heteroatoms. The Balaban J connectivity index is 1.28. The number of carbonyl (C=O) groups is 4. The fourth-order valence-electron chi connectivity index (χ4n) is 9.11. The maximum atomic E-state index is 14.6. The Bertz CT molecular complexity index is 2400. The van der Waals surface area contributed by atoms with Crippen LogP contribution in [0.2, 0.25) is 0 Å². The van der Waals surface area contributed by atoms with Crippen LogP contribution in [0.25, 0.3) is 21.5 Å². The van der Waals surface area contributed by atoms with Crippen LogP contribution >= 0.6 is 0 Å². The molecule has 9 nitrogen and oxygen atoms in total. The van der Waals surface area contributed by atoms with Gasteiger partial charge < -0.3 is 19.5 Å². The highest BCUT2D eigenvalue weighted by Crippen LogP contribution is 2.52. The molecule has 302 valence electrons. The predicted molar refractivity (Wildman–Crippen MR) is 228 cm³/mol. The first-order valence-corrected chi connectivity index (χ1v) is 20.8. The van der Waals surface area contributed by atoms with Crippen molar-refractivity contribution in [1.82, 2.24) is 0 Å². The molecule has 1 saturated carbocycles. The molecule has 1 aliphatic carbocycles. The molecule has 2 unspecified atom stereocenters. The molecule has 1 N–H and O–H groups in total. The van der Waals surface area contributed by atoms with Gasteiger partial charge in [-0.25, -0.2) is 0 Å². The van der Waals surface area contributed by atoms with Gasteiger partial charge in [0.15, 0.2) is 23.8 Å². The molecule has 4 aromatic rings. The van der Waals surface area contributed by atoms with E-state index in [-0.39, 0.29) is 36.9 Å². The normalized spacial score (nSPS) is 20.8. The van der Waals surface area contributed by atoms with Crippen LogP contribution in [0.3, 0.4) is 0 Å². The second kappa shape index (κ2) is 16.5. The Morgan fingerprint density at radius 1 is 0.759 bits per heavy atom. The van der Waals surface area contributed by atoms with Crippen LogP contribution in [0.5, 0.6) is 0 Å². The number of aliphatic hydroxyl groups excluding tert-OH is 1. The van der Waals surface area contributed by atoms with E-state index in [0.717, 1.165) is 75.4 Å². The van der Waals surface area contributed by atoms with Crippen LogP contribution in [-0.2, 0) is 39.5 Å². The number of carbonyl (C=O) groups excluding carboxylic acids is 4. The molecular weight excluding hydrogens is 729 g/mol. The molecule has 2 aliphatic heterocycles. The number of aliphatic hydroxyl groups is 1. The largest absolute Gasteiger partial charge is 0.466 e. The summed E-state index contributed by atoms with van der Waals surface area (Å²) in [5, 5.41) is 15.9. The number of esters is 2. The first-order chi connectivity index (χ1) is 27.8. The highest BCUT2D eigenvalue weighted by Gasteiger charge is 2.51. The van der Waals surface area contributed by atoms with Gasteiger partial charge in [0.25, 0.3) is 0 Å². The zero-order valence-corrected chi connectivity index (χ0v) is 34.6. The summed E-state index contributed by atoms with van der Waals surface area (Å²) in [6, 6.07) is 24.4. The first kappa shape index (κ1) is 40.8. The van der Waals surface area contributed by atoms with Crippen molar-refractivity contribution in [2.75, 3.05) is 31.2 Å². The minimum atomic E-state index is -1.60. The lowest BCUT2D eigenvalue weighted by atomic mass is 9.78. The van der Waals surface area contributed by atoms with Crippen molar-refractivity contribution >= 4 is 62.1 Å². The molecule has 0 amide bonds. The van der Waals surface area contributed by atoms with Gasteiger partial charge in [0.1, 0.15) is 12.5 Å². The molecule has 58 heavy (non-hydrogen) atoms. The average molecular weight is 784 g/mol. The number of anilines is 1. The third kappa shape index (κ3) is 7.30. The summed E-state index contributed by atoms with van der Waals surface area (Å²) >= 11 is 0. The quantitative estimate of drug-likeness (QED) is 0.0445. The van der Waals surface area contributed by atoms with Gasteiger partial charge in [-0.15, -0.1) is 0 Å². The molecule has 3 aliphatic rings. The topological polar surface area (TPSA) is 113 Å². The second-order valence-electron chi connectivity index (χ2n) is 16.8. The van der Waals surface area contributed by atoms with Crippen LogP contribution in [0.15, 0.2) is 96.2 Å². The molecule has 2 heterocycles. The number of hydrogen-bond donors (Lipinski definition) is 1. The summed E-state index contributed by atoms with van der Waals surface area (Å²) < 4.78 is 13.0. The maximum Gasteiger partial charge on any atom is 0.312 e. The number of benzene rings is 4. The minimum absolute atomic E-state index is 0.0742. The summed E-state index contributed by atoms with van der Waals surface area (Å²) in [6.07, 6.45) is 5.44. The van der Waals surface area contributed by atoms with Crippen molar-refractivity contribution in [3.63, 3.8) is 0 Å². The summed E-state index contributed by atoms with van der Waals surface area (Å²) in [7, 11) is 0. The van der Waals surface area contributed by atoms with Gasteiger partial charge in [0.05, 0.1) is 36.5 Å². The highest BCUT2D eigenvalue weighted by atomic mass is 16.5. The van der Waals surface area contributed by atoms with E-state index < -0.39 is 34.4 Å². The lowest BCUT2D eigenvalue weighted by Gasteiger charge is -2.28.